The van der Waals surface area contributed by atoms with Gasteiger partial charge in [0, 0.05) is 24.2 Å². The number of ether oxygens (including phenoxy) is 1. The zero-order valence-electron chi connectivity index (χ0n) is 11.0. The number of oxime groups is 1. The third-order valence-electron chi connectivity index (χ3n) is 2.76. The van der Waals surface area contributed by atoms with Gasteiger partial charge in [-0.3, -0.25) is 4.98 Å². The zero-order chi connectivity index (χ0) is 14.4. The molecule has 1 aromatic heterocycles. The lowest BCUT2D eigenvalue weighted by Crippen LogP contribution is -2.16. The molecule has 0 atom stereocenters. The number of hydrogen-bond donors (Lipinski definition) is 3. The third-order valence-corrected chi connectivity index (χ3v) is 3.54. The summed E-state index contributed by atoms with van der Waals surface area (Å²) >= 11 is 1.61. The van der Waals surface area contributed by atoms with Crippen molar-refractivity contribution in [3.63, 3.8) is 0 Å². The van der Waals surface area contributed by atoms with Gasteiger partial charge in [-0.15, -0.1) is 11.3 Å². The van der Waals surface area contributed by atoms with E-state index in [-0.39, 0.29) is 5.84 Å². The van der Waals surface area contributed by atoms with Crippen LogP contribution in [0.5, 0.6) is 5.75 Å². The maximum absolute atomic E-state index is 8.79. The molecule has 1 aromatic carbocycles. The van der Waals surface area contributed by atoms with Gasteiger partial charge in [-0.1, -0.05) is 11.2 Å². The highest BCUT2D eigenvalue weighted by atomic mass is 32.1. The van der Waals surface area contributed by atoms with Crippen LogP contribution >= 0.6 is 11.3 Å². The molecule has 0 aliphatic rings. The summed E-state index contributed by atoms with van der Waals surface area (Å²) in [5.41, 5.74) is 9.05. The number of amidine groups is 1. The number of rotatable bonds is 6. The molecular weight excluding hydrogens is 276 g/mol. The van der Waals surface area contributed by atoms with Crippen LogP contribution in [-0.2, 0) is 13.1 Å². The number of hydrogen-bond acceptors (Lipinski definition) is 6. The Labute approximate surface area is 120 Å². The Hall–Kier alpha value is -2.12. The monoisotopic (exact) mass is 292 g/mol. The summed E-state index contributed by atoms with van der Waals surface area (Å²) in [7, 11) is 1.55. The Morgan fingerprint density at radius 2 is 2.35 bits per heavy atom. The largest absolute Gasteiger partial charge is 0.496 e. The highest BCUT2D eigenvalue weighted by Gasteiger charge is 2.08. The molecule has 6 nitrogen and oxygen atoms in total. The summed E-state index contributed by atoms with van der Waals surface area (Å²) in [6.07, 6.45) is 1.84. The molecule has 20 heavy (non-hydrogen) atoms. The lowest BCUT2D eigenvalue weighted by molar-refractivity contribution is 0.318. The molecule has 0 saturated carbocycles. The number of nitrogens with two attached hydrogens (primary N) is 1. The summed E-state index contributed by atoms with van der Waals surface area (Å²) in [4.78, 5) is 5.20. The minimum absolute atomic E-state index is 0.0335. The first-order chi connectivity index (χ1) is 9.74. The van der Waals surface area contributed by atoms with E-state index < -0.39 is 0 Å². The lowest BCUT2D eigenvalue weighted by atomic mass is 10.1. The fourth-order valence-corrected chi connectivity index (χ4v) is 2.34. The summed E-state index contributed by atoms with van der Waals surface area (Å²) < 4.78 is 5.19. The van der Waals surface area contributed by atoms with Crippen LogP contribution in [0.2, 0.25) is 0 Å². The Balaban J connectivity index is 2.05. The van der Waals surface area contributed by atoms with Crippen molar-refractivity contribution < 1.29 is 9.94 Å². The van der Waals surface area contributed by atoms with Crippen molar-refractivity contribution in [2.75, 3.05) is 7.11 Å². The van der Waals surface area contributed by atoms with Crippen LogP contribution in [0.1, 0.15) is 16.0 Å². The smallest absolute Gasteiger partial charge is 0.173 e. The summed E-state index contributed by atoms with van der Waals surface area (Å²) in [6, 6.07) is 5.58. The van der Waals surface area contributed by atoms with E-state index in [1.54, 1.807) is 30.0 Å². The van der Waals surface area contributed by atoms with Gasteiger partial charge in [-0.2, -0.15) is 0 Å². The molecule has 1 heterocycles. The van der Waals surface area contributed by atoms with Crippen molar-refractivity contribution in [1.29, 1.82) is 0 Å². The van der Waals surface area contributed by atoms with Crippen LogP contribution in [0.25, 0.3) is 0 Å². The standard InChI is InChI=1S/C13H16N4O2S/c1-19-12-3-2-9(4-11(12)13(14)17-18)5-15-6-10-7-16-8-20-10/h2-4,7-8,15,18H,5-6H2,1H3,(H2,14,17). The minimum atomic E-state index is 0.0335. The topological polar surface area (TPSA) is 92.8 Å². The molecular formula is C13H16N4O2S. The molecule has 0 aliphatic heterocycles. The van der Waals surface area contributed by atoms with Crippen LogP contribution in [-0.4, -0.2) is 23.1 Å². The molecule has 2 rings (SSSR count). The maximum Gasteiger partial charge on any atom is 0.173 e. The summed E-state index contributed by atoms with van der Waals surface area (Å²) in [6.45, 7) is 1.43. The predicted octanol–water partition coefficient (Wildman–Crippen LogP) is 1.54. The number of methoxy groups -OCH3 is 1. The van der Waals surface area contributed by atoms with E-state index in [2.05, 4.69) is 15.5 Å². The highest BCUT2D eigenvalue weighted by molar-refractivity contribution is 7.09. The van der Waals surface area contributed by atoms with Gasteiger partial charge < -0.3 is 21.0 Å². The second-order valence-corrected chi connectivity index (χ2v) is 5.06. The third kappa shape index (κ3) is 3.46. The van der Waals surface area contributed by atoms with Gasteiger partial charge in [0.05, 0.1) is 18.2 Å². The fraction of sp³-hybridized carbons (Fsp3) is 0.231. The zero-order valence-corrected chi connectivity index (χ0v) is 11.9. The Kier molecular flexibility index (Phi) is 4.91. The van der Waals surface area contributed by atoms with E-state index in [1.165, 1.54) is 4.88 Å². The van der Waals surface area contributed by atoms with E-state index in [9.17, 15) is 0 Å². The second-order valence-electron chi connectivity index (χ2n) is 4.09. The van der Waals surface area contributed by atoms with Crippen molar-refractivity contribution >= 4 is 17.2 Å². The fourth-order valence-electron chi connectivity index (χ4n) is 1.78. The van der Waals surface area contributed by atoms with E-state index >= 15 is 0 Å². The normalized spacial score (nSPS) is 11.6. The highest BCUT2D eigenvalue weighted by Crippen LogP contribution is 2.19. The van der Waals surface area contributed by atoms with Crippen molar-refractivity contribution in [1.82, 2.24) is 10.3 Å². The van der Waals surface area contributed by atoms with E-state index in [0.29, 0.717) is 17.9 Å². The number of nitrogens with zero attached hydrogens (tertiary/aromatic N) is 2. The number of thiazole rings is 1. The maximum atomic E-state index is 8.79. The second kappa shape index (κ2) is 6.88. The van der Waals surface area contributed by atoms with E-state index in [4.69, 9.17) is 15.7 Å². The SMILES string of the molecule is COc1ccc(CNCc2cncs2)cc1/C(N)=N/O. The van der Waals surface area contributed by atoms with Gasteiger partial charge in [0.1, 0.15) is 5.75 Å². The molecule has 0 aliphatic carbocycles. The summed E-state index contributed by atoms with van der Waals surface area (Å²) in [5, 5.41) is 15.1. The lowest BCUT2D eigenvalue weighted by Gasteiger charge is -2.10. The first-order valence-electron chi connectivity index (χ1n) is 5.97. The summed E-state index contributed by atoms with van der Waals surface area (Å²) in [5.74, 6) is 0.609. The van der Waals surface area contributed by atoms with Crippen LogP contribution in [0.15, 0.2) is 35.1 Å². The quantitative estimate of drug-likeness (QED) is 0.325. The number of nitrogens with one attached hydrogen (secondary N) is 1. The molecule has 0 radical (unpaired) electrons. The molecule has 0 saturated heterocycles. The van der Waals surface area contributed by atoms with E-state index in [0.717, 1.165) is 12.1 Å². The van der Waals surface area contributed by atoms with Crippen LogP contribution in [0.3, 0.4) is 0 Å². The molecule has 2 aromatic rings. The van der Waals surface area contributed by atoms with Gasteiger partial charge in [-0.25, -0.2) is 0 Å². The molecule has 0 unspecified atom stereocenters. The predicted molar refractivity (Wildman–Crippen MR) is 78.2 cm³/mol. The molecule has 0 spiro atoms. The Morgan fingerprint density at radius 3 is 3.00 bits per heavy atom. The van der Waals surface area contributed by atoms with Gasteiger partial charge in [0.15, 0.2) is 5.84 Å². The molecule has 0 bridgehead atoms. The van der Waals surface area contributed by atoms with Gasteiger partial charge in [-0.05, 0) is 17.7 Å². The van der Waals surface area contributed by atoms with Gasteiger partial charge in [0.25, 0.3) is 0 Å². The Bertz CT molecular complexity index is 584. The number of benzene rings is 1. The first-order valence-corrected chi connectivity index (χ1v) is 6.85. The van der Waals surface area contributed by atoms with Crippen LogP contribution < -0.4 is 15.8 Å². The average Bonchev–Trinajstić information content (AvgIpc) is 2.99. The molecule has 0 fully saturated rings. The van der Waals surface area contributed by atoms with Crippen molar-refractivity contribution in [2.45, 2.75) is 13.1 Å². The van der Waals surface area contributed by atoms with Crippen molar-refractivity contribution in [2.24, 2.45) is 10.9 Å². The van der Waals surface area contributed by atoms with Gasteiger partial charge >= 0.3 is 0 Å². The first kappa shape index (κ1) is 14.3. The Morgan fingerprint density at radius 1 is 1.50 bits per heavy atom. The van der Waals surface area contributed by atoms with Crippen molar-refractivity contribution in [3.05, 3.63) is 45.9 Å². The molecule has 0 amide bonds. The van der Waals surface area contributed by atoms with Gasteiger partial charge in [0.2, 0.25) is 0 Å². The van der Waals surface area contributed by atoms with E-state index in [1.807, 2.05) is 18.3 Å². The molecule has 106 valence electrons. The minimum Gasteiger partial charge on any atom is -0.496 e. The number of aromatic nitrogens is 1. The molecule has 4 N–H and O–H groups in total. The average molecular weight is 292 g/mol. The van der Waals surface area contributed by atoms with Crippen LogP contribution in [0, 0.1) is 0 Å². The van der Waals surface area contributed by atoms with Crippen LogP contribution in [0.4, 0.5) is 0 Å². The van der Waals surface area contributed by atoms with Crippen molar-refractivity contribution in [3.8, 4) is 5.75 Å². The molecule has 7 heteroatoms.